The molecule has 3 aliphatic heterocycles. The third-order valence-electron chi connectivity index (χ3n) is 8.47. The zero-order chi connectivity index (χ0) is 29.1. The van der Waals surface area contributed by atoms with Crippen LogP contribution in [0.5, 0.6) is 0 Å². The average Bonchev–Trinajstić information content (AvgIpc) is 3.62. The normalized spacial score (nSPS) is 18.2. The van der Waals surface area contributed by atoms with Gasteiger partial charge in [0.1, 0.15) is 23.5 Å². The second-order valence-electron chi connectivity index (χ2n) is 11.2. The highest BCUT2D eigenvalue weighted by Gasteiger charge is 2.45. The number of pyridine rings is 2. The molecule has 0 spiro atoms. The molecule has 1 aromatic carbocycles. The zero-order valence-electron chi connectivity index (χ0n) is 23.3. The summed E-state index contributed by atoms with van der Waals surface area (Å²) in [6, 6.07) is 11.5. The molecule has 3 fully saturated rings. The highest BCUT2D eigenvalue weighted by atomic mass is 19.1. The van der Waals surface area contributed by atoms with Crippen LogP contribution in [0.3, 0.4) is 0 Å². The zero-order valence-corrected chi connectivity index (χ0v) is 23.3. The summed E-state index contributed by atoms with van der Waals surface area (Å²) >= 11 is 0. The van der Waals surface area contributed by atoms with Crippen LogP contribution in [0.25, 0.3) is 33.3 Å². The van der Waals surface area contributed by atoms with Crippen molar-refractivity contribution in [3.63, 3.8) is 0 Å². The first-order valence-electron chi connectivity index (χ1n) is 13.8. The number of piperazine rings is 1. The van der Waals surface area contributed by atoms with E-state index in [2.05, 4.69) is 32.6 Å². The van der Waals surface area contributed by atoms with Crippen LogP contribution in [0.15, 0.2) is 67.9 Å². The summed E-state index contributed by atoms with van der Waals surface area (Å²) in [4.78, 5) is 9.22. The second-order valence-corrected chi connectivity index (χ2v) is 11.2. The van der Waals surface area contributed by atoms with E-state index in [0.29, 0.717) is 16.7 Å². The van der Waals surface area contributed by atoms with Gasteiger partial charge in [-0.25, -0.2) is 18.3 Å². The minimum atomic E-state index is -0.522. The van der Waals surface area contributed by atoms with E-state index in [0.717, 1.165) is 53.1 Å². The van der Waals surface area contributed by atoms with Gasteiger partial charge >= 0.3 is 0 Å². The lowest BCUT2D eigenvalue weighted by Crippen LogP contribution is -2.68. The number of allylic oxidation sites excluding steroid dienone is 1. The molecule has 0 amide bonds. The van der Waals surface area contributed by atoms with Crippen molar-refractivity contribution >= 4 is 16.9 Å². The van der Waals surface area contributed by atoms with Crippen LogP contribution in [0.1, 0.15) is 30.0 Å². The number of hydrogen-bond acceptors (Lipinski definition) is 6. The van der Waals surface area contributed by atoms with Gasteiger partial charge in [0.2, 0.25) is 0 Å². The van der Waals surface area contributed by atoms with Gasteiger partial charge < -0.3 is 4.90 Å². The number of aromatic nitrogens is 5. The van der Waals surface area contributed by atoms with Gasteiger partial charge in [-0.05, 0) is 49.2 Å². The van der Waals surface area contributed by atoms with Gasteiger partial charge in [0.25, 0.3) is 0 Å². The first-order valence-corrected chi connectivity index (χ1v) is 13.8. The van der Waals surface area contributed by atoms with Crippen LogP contribution in [-0.4, -0.2) is 54.5 Å². The highest BCUT2D eigenvalue weighted by Crippen LogP contribution is 2.37. The molecular weight excluding hydrogens is 534 g/mol. The SMILES string of the molecule is C=C(C)c1cc(F)c(CN2C3CC2CN(c2ccc(-c4cc(-c5cnn(C)c5)cn5ncc(C#N)c45)cn2)C3)c(F)c1. The van der Waals surface area contributed by atoms with Crippen molar-refractivity contribution in [3.05, 3.63) is 96.2 Å². The maximum atomic E-state index is 14.8. The average molecular weight is 563 g/mol. The number of halogens is 2. The molecule has 0 radical (unpaired) electrons. The molecule has 8 rings (SSSR count). The van der Waals surface area contributed by atoms with E-state index in [9.17, 15) is 14.0 Å². The van der Waals surface area contributed by atoms with Gasteiger partial charge in [0.05, 0.1) is 23.5 Å². The molecule has 10 heteroatoms. The Morgan fingerprint density at radius 2 is 1.76 bits per heavy atom. The first-order chi connectivity index (χ1) is 20.3. The van der Waals surface area contributed by atoms with Gasteiger partial charge in [-0.2, -0.15) is 15.5 Å². The molecule has 0 aliphatic carbocycles. The Kier molecular flexibility index (Phi) is 6.13. The van der Waals surface area contributed by atoms with Crippen molar-refractivity contribution in [2.75, 3.05) is 18.0 Å². The van der Waals surface area contributed by atoms with E-state index >= 15 is 0 Å². The topological polar surface area (TPSA) is 78.3 Å². The quantitative estimate of drug-likeness (QED) is 0.274. The summed E-state index contributed by atoms with van der Waals surface area (Å²) in [7, 11) is 1.87. The van der Waals surface area contributed by atoms with Crippen molar-refractivity contribution in [2.45, 2.75) is 32.0 Å². The van der Waals surface area contributed by atoms with E-state index in [1.165, 1.54) is 12.1 Å². The number of aryl methyl sites for hydroxylation is 1. The Labute approximate surface area is 241 Å². The van der Waals surface area contributed by atoms with Gasteiger partial charge in [0.15, 0.2) is 0 Å². The van der Waals surface area contributed by atoms with E-state index < -0.39 is 11.6 Å². The predicted octanol–water partition coefficient (Wildman–Crippen LogP) is 5.44. The molecule has 7 heterocycles. The standard InChI is InChI=1S/C32H28F2N8/c1-19(2)21-7-29(33)28(30(34)8-21)18-41-25-9-26(41)17-40(16-25)31-5-4-20(11-36-31)27-6-22(24-13-37-39(3)14-24)15-42-32(27)23(10-35)12-38-42/h4-8,11-15,25-26H,1,9,16-18H2,2-3H3. The van der Waals surface area contributed by atoms with Crippen molar-refractivity contribution in [1.82, 2.24) is 29.3 Å². The van der Waals surface area contributed by atoms with Crippen LogP contribution in [-0.2, 0) is 13.6 Å². The number of anilines is 1. The molecule has 3 aliphatic rings. The lowest BCUT2D eigenvalue weighted by Gasteiger charge is -2.56. The number of hydrogen-bond donors (Lipinski definition) is 0. The minimum Gasteiger partial charge on any atom is -0.353 e. The van der Waals surface area contributed by atoms with E-state index in [4.69, 9.17) is 4.98 Å². The van der Waals surface area contributed by atoms with Gasteiger partial charge in [-0.15, -0.1) is 0 Å². The number of fused-ring (bicyclic) bond motifs is 3. The number of rotatable bonds is 6. The minimum absolute atomic E-state index is 0.113. The molecule has 3 saturated heterocycles. The Balaban J connectivity index is 1.12. The number of nitriles is 1. The summed E-state index contributed by atoms with van der Waals surface area (Å²) in [6.45, 7) is 7.25. The molecule has 5 aromatic rings. The van der Waals surface area contributed by atoms with E-state index in [1.54, 1.807) is 28.5 Å². The van der Waals surface area contributed by atoms with Gasteiger partial charge in [-0.3, -0.25) is 9.58 Å². The predicted molar refractivity (Wildman–Crippen MR) is 156 cm³/mol. The fraction of sp³-hybridized carbons (Fsp3) is 0.250. The lowest BCUT2D eigenvalue weighted by molar-refractivity contribution is -0.0103. The number of nitrogens with zero attached hydrogens (tertiary/aromatic N) is 8. The highest BCUT2D eigenvalue weighted by molar-refractivity contribution is 5.87. The second kappa shape index (κ2) is 9.89. The summed E-state index contributed by atoms with van der Waals surface area (Å²) < 4.78 is 33.0. The Morgan fingerprint density at radius 1 is 1.00 bits per heavy atom. The third-order valence-corrected chi connectivity index (χ3v) is 8.47. The molecule has 2 atom stereocenters. The molecule has 210 valence electrons. The van der Waals surface area contributed by atoms with Crippen molar-refractivity contribution in [1.29, 1.82) is 5.26 Å². The van der Waals surface area contributed by atoms with Crippen molar-refractivity contribution in [3.8, 4) is 28.3 Å². The van der Waals surface area contributed by atoms with Gasteiger partial charge in [-0.1, -0.05) is 12.2 Å². The molecule has 2 unspecified atom stereocenters. The third kappa shape index (κ3) is 4.33. The van der Waals surface area contributed by atoms with Crippen LogP contribution < -0.4 is 4.90 Å². The summed E-state index contributed by atoms with van der Waals surface area (Å²) in [5.74, 6) is -0.192. The fourth-order valence-electron chi connectivity index (χ4n) is 6.20. The van der Waals surface area contributed by atoms with E-state index in [1.807, 2.05) is 43.8 Å². The molecule has 42 heavy (non-hydrogen) atoms. The van der Waals surface area contributed by atoms with Crippen LogP contribution in [0, 0.1) is 23.0 Å². The lowest BCUT2D eigenvalue weighted by atomic mass is 9.86. The summed E-state index contributed by atoms with van der Waals surface area (Å²) in [5, 5.41) is 18.4. The monoisotopic (exact) mass is 562 g/mol. The molecular formula is C32H28F2N8. The maximum absolute atomic E-state index is 14.8. The smallest absolute Gasteiger partial charge is 0.131 e. The molecule has 4 aromatic heterocycles. The number of piperidine rings is 1. The molecule has 0 N–H and O–H groups in total. The summed E-state index contributed by atoms with van der Waals surface area (Å²) in [6.07, 6.45) is 10.0. The largest absolute Gasteiger partial charge is 0.353 e. The van der Waals surface area contributed by atoms with Crippen molar-refractivity contribution < 1.29 is 8.78 Å². The molecule has 0 saturated carbocycles. The molecule has 8 nitrogen and oxygen atoms in total. The number of benzene rings is 1. The van der Waals surface area contributed by atoms with Gasteiger partial charge in [0, 0.05) is 85.2 Å². The van der Waals surface area contributed by atoms with Crippen molar-refractivity contribution in [2.24, 2.45) is 7.05 Å². The molecule has 2 bridgehead atoms. The van der Waals surface area contributed by atoms with Crippen LogP contribution in [0.2, 0.25) is 0 Å². The van der Waals surface area contributed by atoms with E-state index in [-0.39, 0.29) is 24.2 Å². The van der Waals surface area contributed by atoms with Crippen LogP contribution in [0.4, 0.5) is 14.6 Å². The Morgan fingerprint density at radius 3 is 2.38 bits per heavy atom. The first kappa shape index (κ1) is 26.0. The summed E-state index contributed by atoms with van der Waals surface area (Å²) in [5.41, 5.74) is 6.06. The Bertz CT molecular complexity index is 1860. The fourth-order valence-corrected chi connectivity index (χ4v) is 6.20. The Hall–Kier alpha value is -4.88. The maximum Gasteiger partial charge on any atom is 0.131 e. The van der Waals surface area contributed by atoms with Crippen LogP contribution >= 0.6 is 0 Å².